The molecule has 0 aromatic carbocycles. The van der Waals surface area contributed by atoms with E-state index in [0.29, 0.717) is 5.92 Å². The molecule has 1 aromatic heterocycles. The van der Waals surface area contributed by atoms with E-state index in [1.165, 1.54) is 31.4 Å². The summed E-state index contributed by atoms with van der Waals surface area (Å²) in [6.07, 6.45) is 13.2. The summed E-state index contributed by atoms with van der Waals surface area (Å²) >= 11 is 0. The molecule has 1 aromatic rings. The van der Waals surface area contributed by atoms with Gasteiger partial charge >= 0.3 is 0 Å². The van der Waals surface area contributed by atoms with E-state index in [9.17, 15) is 4.79 Å². The highest BCUT2D eigenvalue weighted by molar-refractivity contribution is 5.75. The number of carbonyl (C=O) groups is 1. The van der Waals surface area contributed by atoms with Crippen molar-refractivity contribution in [1.82, 2.24) is 10.3 Å². The van der Waals surface area contributed by atoms with Crippen LogP contribution >= 0.6 is 0 Å². The van der Waals surface area contributed by atoms with E-state index >= 15 is 0 Å². The monoisotopic (exact) mass is 315 g/mol. The Morgan fingerprint density at radius 2 is 1.78 bits per heavy atom. The van der Waals surface area contributed by atoms with Gasteiger partial charge in [-0.2, -0.15) is 0 Å². The number of amides is 1. The Morgan fingerprint density at radius 1 is 1.09 bits per heavy atom. The molecule has 1 saturated heterocycles. The maximum atomic E-state index is 12.0. The second-order valence-electron chi connectivity index (χ2n) is 7.13. The van der Waals surface area contributed by atoms with Gasteiger partial charge < -0.3 is 10.2 Å². The highest BCUT2D eigenvalue weighted by atomic mass is 16.1. The molecule has 3 rings (SSSR count). The smallest absolute Gasteiger partial charge is 0.220 e. The number of nitrogens with one attached hydrogen (secondary N) is 1. The molecule has 1 aliphatic carbocycles. The van der Waals surface area contributed by atoms with Crippen LogP contribution < -0.4 is 10.2 Å². The van der Waals surface area contributed by atoms with Crippen molar-refractivity contribution in [2.75, 3.05) is 24.5 Å². The molecule has 2 heterocycles. The fourth-order valence-electron chi connectivity index (χ4n) is 3.93. The van der Waals surface area contributed by atoms with Crippen molar-refractivity contribution in [3.05, 3.63) is 24.5 Å². The van der Waals surface area contributed by atoms with Gasteiger partial charge in [-0.3, -0.25) is 9.78 Å². The van der Waals surface area contributed by atoms with E-state index < -0.39 is 0 Å². The van der Waals surface area contributed by atoms with E-state index in [4.69, 9.17) is 0 Å². The Bertz CT molecular complexity index is 477. The number of anilines is 1. The van der Waals surface area contributed by atoms with Gasteiger partial charge in [0.15, 0.2) is 0 Å². The number of hydrogen-bond acceptors (Lipinski definition) is 3. The van der Waals surface area contributed by atoms with E-state index in [1.807, 2.05) is 12.4 Å². The minimum Gasteiger partial charge on any atom is -0.371 e. The average Bonchev–Trinajstić information content (AvgIpc) is 3.13. The van der Waals surface area contributed by atoms with Crippen molar-refractivity contribution in [2.45, 2.75) is 51.4 Å². The van der Waals surface area contributed by atoms with Gasteiger partial charge in [0.25, 0.3) is 0 Å². The van der Waals surface area contributed by atoms with Gasteiger partial charge in [-0.05, 0) is 43.2 Å². The molecule has 2 aliphatic rings. The highest BCUT2D eigenvalue weighted by Crippen LogP contribution is 2.28. The van der Waals surface area contributed by atoms with Crippen molar-refractivity contribution in [3.63, 3.8) is 0 Å². The summed E-state index contributed by atoms with van der Waals surface area (Å²) < 4.78 is 0. The maximum Gasteiger partial charge on any atom is 0.220 e. The summed E-state index contributed by atoms with van der Waals surface area (Å²) in [7, 11) is 0. The molecule has 4 heteroatoms. The summed E-state index contributed by atoms with van der Waals surface area (Å²) in [5.74, 6) is 1.70. The number of carbonyl (C=O) groups excluding carboxylic acids is 1. The van der Waals surface area contributed by atoms with Crippen LogP contribution in [0.2, 0.25) is 0 Å². The summed E-state index contributed by atoms with van der Waals surface area (Å²) in [5.41, 5.74) is 1.26. The van der Waals surface area contributed by atoms with E-state index in [-0.39, 0.29) is 5.91 Å². The van der Waals surface area contributed by atoms with Crippen LogP contribution in [0.5, 0.6) is 0 Å². The summed E-state index contributed by atoms with van der Waals surface area (Å²) in [6.45, 7) is 3.01. The molecular formula is C19H29N3O. The first-order chi connectivity index (χ1) is 11.3. The van der Waals surface area contributed by atoms with Crippen LogP contribution in [0.15, 0.2) is 24.5 Å². The van der Waals surface area contributed by atoms with Gasteiger partial charge in [0.1, 0.15) is 0 Å². The summed E-state index contributed by atoms with van der Waals surface area (Å²) in [4.78, 5) is 18.5. The minimum absolute atomic E-state index is 0.258. The average molecular weight is 315 g/mol. The van der Waals surface area contributed by atoms with Gasteiger partial charge in [-0.15, -0.1) is 0 Å². The molecule has 23 heavy (non-hydrogen) atoms. The lowest BCUT2D eigenvalue weighted by molar-refractivity contribution is -0.121. The van der Waals surface area contributed by atoms with Crippen molar-refractivity contribution in [3.8, 4) is 0 Å². The molecule has 0 atom stereocenters. The lowest BCUT2D eigenvalue weighted by atomic mass is 9.96. The minimum atomic E-state index is 0.258. The first-order valence-corrected chi connectivity index (χ1v) is 9.23. The third kappa shape index (κ3) is 4.95. The van der Waals surface area contributed by atoms with Gasteiger partial charge in [-0.25, -0.2) is 0 Å². The molecule has 0 spiro atoms. The molecule has 4 nitrogen and oxygen atoms in total. The zero-order valence-corrected chi connectivity index (χ0v) is 14.0. The van der Waals surface area contributed by atoms with Gasteiger partial charge in [0.2, 0.25) is 5.91 Å². The third-order valence-electron chi connectivity index (χ3n) is 5.48. The lowest BCUT2D eigenvalue weighted by Gasteiger charge is -2.33. The van der Waals surface area contributed by atoms with Crippen LogP contribution in [-0.2, 0) is 4.79 Å². The molecular weight excluding hydrogens is 286 g/mol. The molecule has 0 unspecified atom stereocenters. The Hall–Kier alpha value is -1.58. The second-order valence-corrected chi connectivity index (χ2v) is 7.13. The van der Waals surface area contributed by atoms with Crippen molar-refractivity contribution >= 4 is 11.6 Å². The number of pyridine rings is 1. The Balaban J connectivity index is 1.32. The fraction of sp³-hybridized carbons (Fsp3) is 0.684. The number of hydrogen-bond donors (Lipinski definition) is 1. The standard InChI is InChI=1S/C19H29N3O/c23-19(6-5-16-3-1-2-4-16)21-15-17-9-13-22(14-10-17)18-7-11-20-12-8-18/h7-8,11-12,16-17H,1-6,9-10,13-15H2,(H,21,23). The normalized spacial score (nSPS) is 19.9. The first kappa shape index (κ1) is 16.3. The quantitative estimate of drug-likeness (QED) is 0.875. The predicted molar refractivity (Wildman–Crippen MR) is 93.4 cm³/mol. The van der Waals surface area contributed by atoms with E-state index in [2.05, 4.69) is 27.3 Å². The second kappa shape index (κ2) is 8.32. The summed E-state index contributed by atoms with van der Waals surface area (Å²) in [6, 6.07) is 4.15. The number of aromatic nitrogens is 1. The van der Waals surface area contributed by atoms with Gasteiger partial charge in [-0.1, -0.05) is 25.7 Å². The van der Waals surface area contributed by atoms with Gasteiger partial charge in [0, 0.05) is 44.1 Å². The predicted octanol–water partition coefficient (Wildman–Crippen LogP) is 3.38. The Morgan fingerprint density at radius 3 is 2.48 bits per heavy atom. The fourth-order valence-corrected chi connectivity index (χ4v) is 3.93. The molecule has 0 radical (unpaired) electrons. The highest BCUT2D eigenvalue weighted by Gasteiger charge is 2.20. The van der Waals surface area contributed by atoms with Crippen LogP contribution in [0.1, 0.15) is 51.4 Å². The molecule has 1 amide bonds. The van der Waals surface area contributed by atoms with Crippen LogP contribution in [0.3, 0.4) is 0 Å². The lowest BCUT2D eigenvalue weighted by Crippen LogP contribution is -2.38. The molecule has 2 fully saturated rings. The SMILES string of the molecule is O=C(CCC1CCCC1)NCC1CCN(c2ccncc2)CC1. The largest absolute Gasteiger partial charge is 0.371 e. The molecule has 126 valence electrons. The molecule has 0 bridgehead atoms. The van der Waals surface area contributed by atoms with E-state index in [0.717, 1.165) is 51.2 Å². The van der Waals surface area contributed by atoms with Crippen molar-refractivity contribution < 1.29 is 4.79 Å². The summed E-state index contributed by atoms with van der Waals surface area (Å²) in [5, 5.41) is 3.16. The number of rotatable bonds is 6. The molecule has 1 aliphatic heterocycles. The first-order valence-electron chi connectivity index (χ1n) is 9.23. The Kier molecular flexibility index (Phi) is 5.89. The molecule has 1 saturated carbocycles. The topological polar surface area (TPSA) is 45.2 Å². The zero-order chi connectivity index (χ0) is 15.9. The van der Waals surface area contributed by atoms with Crippen molar-refractivity contribution in [2.24, 2.45) is 11.8 Å². The van der Waals surface area contributed by atoms with Crippen LogP contribution in [0, 0.1) is 11.8 Å². The Labute approximate surface area is 139 Å². The van der Waals surface area contributed by atoms with Crippen LogP contribution in [-0.4, -0.2) is 30.5 Å². The zero-order valence-electron chi connectivity index (χ0n) is 14.0. The molecule has 1 N–H and O–H groups in total. The third-order valence-corrected chi connectivity index (χ3v) is 5.48. The van der Waals surface area contributed by atoms with E-state index in [1.54, 1.807) is 0 Å². The number of nitrogens with zero attached hydrogens (tertiary/aromatic N) is 2. The van der Waals surface area contributed by atoms with Crippen LogP contribution in [0.4, 0.5) is 5.69 Å². The van der Waals surface area contributed by atoms with Gasteiger partial charge in [0.05, 0.1) is 0 Å². The number of piperidine rings is 1. The van der Waals surface area contributed by atoms with Crippen molar-refractivity contribution in [1.29, 1.82) is 0 Å². The maximum absolute atomic E-state index is 12.0. The van der Waals surface area contributed by atoms with Crippen LogP contribution in [0.25, 0.3) is 0 Å².